The monoisotopic (exact) mass is 759 g/mol. The second kappa shape index (κ2) is 37.7. The van der Waals surface area contributed by atoms with E-state index in [1.165, 1.54) is 103 Å². The summed E-state index contributed by atoms with van der Waals surface area (Å²) in [5.41, 5.74) is 0. The molecule has 10 nitrogen and oxygen atoms in total. The molecule has 0 aromatic rings. The van der Waals surface area contributed by atoms with Crippen LogP contribution in [0.2, 0.25) is 0 Å². The van der Waals surface area contributed by atoms with Crippen LogP contribution in [0.3, 0.4) is 0 Å². The maximum atomic E-state index is 10.5. The minimum absolute atomic E-state index is 0. The number of unbranched alkanes of at least 4 members (excludes halogenated alkanes) is 1. The van der Waals surface area contributed by atoms with Crippen LogP contribution in [-0.4, -0.2) is 83.2 Å². The maximum Gasteiger partial charge on any atom is 1.00 e. The van der Waals surface area contributed by atoms with Gasteiger partial charge < -0.3 is 30.0 Å². The summed E-state index contributed by atoms with van der Waals surface area (Å²) < 4.78 is 0. The molecule has 4 unspecified atom stereocenters. The van der Waals surface area contributed by atoms with Crippen molar-refractivity contribution < 1.29 is 98.7 Å². The molecule has 0 saturated heterocycles. The van der Waals surface area contributed by atoms with Gasteiger partial charge in [0.2, 0.25) is 0 Å². The fourth-order valence-corrected chi connectivity index (χ4v) is 6.40. The molecule has 0 aromatic carbocycles. The molecule has 0 rings (SSSR count). The summed E-state index contributed by atoms with van der Waals surface area (Å²) in [7, 11) is 0. The Hall–Kier alpha value is -0.200. The molecule has 52 heavy (non-hydrogen) atoms. The molecule has 0 spiro atoms. The van der Waals surface area contributed by atoms with Crippen molar-refractivity contribution in [2.45, 2.75) is 158 Å². The minimum atomic E-state index is -1.49. The van der Waals surface area contributed by atoms with Crippen molar-refractivity contribution in [2.24, 2.45) is 35.5 Å². The topological polar surface area (TPSA) is 161 Å². The van der Waals surface area contributed by atoms with Gasteiger partial charge in [-0.1, -0.05) is 158 Å². The number of rotatable bonds is 32. The summed E-state index contributed by atoms with van der Waals surface area (Å²) in [4.78, 5) is 43.9. The maximum absolute atomic E-state index is 10.5. The number of carbonyl (C=O) groups is 4. The summed E-state index contributed by atoms with van der Waals surface area (Å²) in [5, 5.41) is 38.0. The quantitative estimate of drug-likeness (QED) is 0.0724. The van der Waals surface area contributed by atoms with Crippen LogP contribution in [0.1, 0.15) is 158 Å². The van der Waals surface area contributed by atoms with Gasteiger partial charge in [0, 0.05) is 26.2 Å². The van der Waals surface area contributed by atoms with E-state index in [9.17, 15) is 29.4 Å². The fourth-order valence-electron chi connectivity index (χ4n) is 6.40. The Kier molecular flexibility index (Phi) is 42.4. The van der Waals surface area contributed by atoms with E-state index in [-0.39, 0.29) is 72.2 Å². The van der Waals surface area contributed by atoms with Gasteiger partial charge in [0.05, 0.1) is 25.0 Å². The Bertz CT molecular complexity index is 792. The molecule has 0 fully saturated rings. The first-order valence-corrected chi connectivity index (χ1v) is 19.7. The summed E-state index contributed by atoms with van der Waals surface area (Å²) >= 11 is 0. The largest absolute Gasteiger partial charge is 1.00 e. The van der Waals surface area contributed by atoms with Crippen LogP contribution in [0.25, 0.3) is 0 Å². The van der Waals surface area contributed by atoms with E-state index >= 15 is 0 Å². The zero-order valence-corrected chi connectivity index (χ0v) is 39.3. The SMILES string of the molecule is CC(C)CCCC(C)CCCC(C)CCCCC(C)CCCC(C)CCCC(C)C.O=C([O-])CN(CCN(CC(=O)[O-])CC(=O)O)CC(=O)O.[Na+].[Na+]. The van der Waals surface area contributed by atoms with Crippen molar-refractivity contribution in [3.05, 3.63) is 0 Å². The standard InChI is InChI=1S/C30H62.C10H16N2O8.2Na/c1-25(2)15-11-19-29(7)23-13-21-27(5)17-9-10-18-28(6)22-14-24-30(8)20-12-16-26(3)4;13-7(14)3-11(4-8(15)16)1-2-12(5-9(17)18)6-10(19)20;;/h25-30H,9-24H2,1-8H3;1-6H2,(H,13,14)(H,15,16)(H,17,18)(H,19,20);;/q;;2*+1/p-2. The molecule has 0 aliphatic rings. The predicted octanol–water partition coefficient (Wildman–Crippen LogP) is 0.352. The zero-order valence-electron chi connectivity index (χ0n) is 35.3. The number of hydrogen-bond acceptors (Lipinski definition) is 8. The van der Waals surface area contributed by atoms with Gasteiger partial charge in [-0.25, -0.2) is 0 Å². The second-order valence-electron chi connectivity index (χ2n) is 16.2. The summed E-state index contributed by atoms with van der Waals surface area (Å²) in [5.74, 6) is -0.000896. The summed E-state index contributed by atoms with van der Waals surface area (Å²) in [6.07, 6.45) is 23.2. The molecular weight excluding hydrogens is 682 g/mol. The third kappa shape index (κ3) is 44.2. The Morgan fingerprint density at radius 2 is 0.654 bits per heavy atom. The van der Waals surface area contributed by atoms with E-state index in [2.05, 4.69) is 55.4 Å². The number of nitrogens with zero attached hydrogens (tertiary/aromatic N) is 2. The average molecular weight is 759 g/mol. The van der Waals surface area contributed by atoms with Gasteiger partial charge in [-0.15, -0.1) is 0 Å². The van der Waals surface area contributed by atoms with E-state index in [1.807, 2.05) is 0 Å². The third-order valence-electron chi connectivity index (χ3n) is 9.54. The molecule has 0 radical (unpaired) electrons. The van der Waals surface area contributed by atoms with Crippen molar-refractivity contribution >= 4 is 23.9 Å². The molecule has 0 bridgehead atoms. The third-order valence-corrected chi connectivity index (χ3v) is 9.54. The minimum Gasteiger partial charge on any atom is -0.549 e. The Balaban J connectivity index is -0.000000459. The van der Waals surface area contributed by atoms with Crippen LogP contribution >= 0.6 is 0 Å². The Morgan fingerprint density at radius 3 is 0.865 bits per heavy atom. The molecule has 296 valence electrons. The molecule has 0 saturated carbocycles. The van der Waals surface area contributed by atoms with Gasteiger partial charge in [0.15, 0.2) is 0 Å². The van der Waals surface area contributed by atoms with Crippen LogP contribution < -0.4 is 69.3 Å². The molecule has 0 aliphatic carbocycles. The van der Waals surface area contributed by atoms with Gasteiger partial charge in [-0.3, -0.25) is 19.4 Å². The van der Waals surface area contributed by atoms with Gasteiger partial charge >= 0.3 is 71.1 Å². The van der Waals surface area contributed by atoms with Crippen molar-refractivity contribution in [3.63, 3.8) is 0 Å². The number of hydrogen-bond donors (Lipinski definition) is 2. The van der Waals surface area contributed by atoms with Crippen LogP contribution in [0, 0.1) is 35.5 Å². The molecule has 12 heteroatoms. The molecule has 0 heterocycles. The van der Waals surface area contributed by atoms with E-state index < -0.39 is 50.1 Å². The molecule has 4 atom stereocenters. The van der Waals surface area contributed by atoms with Crippen LogP contribution in [0.5, 0.6) is 0 Å². The molecule has 0 aliphatic heterocycles. The first-order valence-electron chi connectivity index (χ1n) is 19.7. The normalized spacial score (nSPS) is 13.5. The van der Waals surface area contributed by atoms with E-state index in [0.717, 1.165) is 45.3 Å². The number of carbonyl (C=O) groups excluding carboxylic acids is 2. The Labute approximate surface area is 362 Å². The van der Waals surface area contributed by atoms with Gasteiger partial charge in [0.25, 0.3) is 0 Å². The Morgan fingerprint density at radius 1 is 0.423 bits per heavy atom. The summed E-state index contributed by atoms with van der Waals surface area (Å²) in [6.45, 7) is 16.6. The number of carboxylic acids is 4. The van der Waals surface area contributed by atoms with E-state index in [4.69, 9.17) is 10.2 Å². The number of carboxylic acid groups (broad SMARTS) is 4. The van der Waals surface area contributed by atoms with Crippen molar-refractivity contribution in [2.75, 3.05) is 39.3 Å². The van der Waals surface area contributed by atoms with Crippen molar-refractivity contribution in [1.29, 1.82) is 0 Å². The first-order chi connectivity index (χ1) is 23.4. The molecule has 0 amide bonds. The van der Waals surface area contributed by atoms with Gasteiger partial charge in [0.1, 0.15) is 0 Å². The van der Waals surface area contributed by atoms with Crippen molar-refractivity contribution in [1.82, 2.24) is 9.80 Å². The predicted molar refractivity (Wildman–Crippen MR) is 198 cm³/mol. The summed E-state index contributed by atoms with van der Waals surface area (Å²) in [6, 6.07) is 0. The van der Waals surface area contributed by atoms with Crippen molar-refractivity contribution in [3.8, 4) is 0 Å². The smallest absolute Gasteiger partial charge is 0.549 e. The molecule has 2 N–H and O–H groups in total. The zero-order chi connectivity index (χ0) is 38.5. The van der Waals surface area contributed by atoms with Crippen LogP contribution in [0.15, 0.2) is 0 Å². The van der Waals surface area contributed by atoms with Crippen LogP contribution in [-0.2, 0) is 19.2 Å². The fraction of sp³-hybridized carbons (Fsp3) is 0.900. The van der Waals surface area contributed by atoms with Gasteiger partial charge in [-0.2, -0.15) is 0 Å². The molecular formula is C40H76N2Na2O8. The average Bonchev–Trinajstić information content (AvgIpc) is 2.97. The van der Waals surface area contributed by atoms with Crippen LogP contribution in [0.4, 0.5) is 0 Å². The first kappa shape index (κ1) is 58.5. The van der Waals surface area contributed by atoms with E-state index in [1.54, 1.807) is 0 Å². The van der Waals surface area contributed by atoms with Gasteiger partial charge in [-0.05, 0) is 35.5 Å². The number of aliphatic carboxylic acids is 4. The molecule has 0 aromatic heterocycles. The second-order valence-corrected chi connectivity index (χ2v) is 16.2. The van der Waals surface area contributed by atoms with E-state index in [0.29, 0.717) is 0 Å².